The van der Waals surface area contributed by atoms with Gasteiger partial charge in [0.25, 0.3) is 11.6 Å². The highest BCUT2D eigenvalue weighted by Gasteiger charge is 2.31. The van der Waals surface area contributed by atoms with E-state index in [1.165, 1.54) is 42.5 Å². The van der Waals surface area contributed by atoms with Crippen molar-refractivity contribution in [1.29, 1.82) is 0 Å². The van der Waals surface area contributed by atoms with Gasteiger partial charge in [-0.2, -0.15) is 0 Å². The maximum atomic E-state index is 13.2. The van der Waals surface area contributed by atoms with Crippen molar-refractivity contribution in [3.8, 4) is 0 Å². The van der Waals surface area contributed by atoms with Crippen LogP contribution in [0.2, 0.25) is 0 Å². The largest absolute Gasteiger partial charge is 0.447 e. The quantitative estimate of drug-likeness (QED) is 0.458. The Kier molecular flexibility index (Phi) is 5.44. The summed E-state index contributed by atoms with van der Waals surface area (Å²) in [5.41, 5.74) is 0.314. The first-order valence-corrected chi connectivity index (χ1v) is 8.41. The van der Waals surface area contributed by atoms with Gasteiger partial charge in [0.05, 0.1) is 11.3 Å². The predicted molar refractivity (Wildman–Crippen MR) is 93.2 cm³/mol. The fraction of sp³-hybridized carbons (Fsp3) is 0.263. The Labute approximate surface area is 154 Å². The number of carbonyl (C=O) groups is 2. The predicted octanol–water partition coefficient (Wildman–Crippen LogP) is 2.84. The number of carbonyl (C=O) groups excluding carboxylic acids is 2. The minimum Gasteiger partial charge on any atom is -0.447 e. The van der Waals surface area contributed by atoms with Crippen LogP contribution in [0.5, 0.6) is 0 Å². The Balaban J connectivity index is 1.76. The third-order valence-corrected chi connectivity index (χ3v) is 4.11. The van der Waals surface area contributed by atoms with E-state index in [1.807, 2.05) is 0 Å². The summed E-state index contributed by atoms with van der Waals surface area (Å²) in [7, 11) is 0. The molecule has 0 aliphatic heterocycles. The Hall–Kier alpha value is -3.29. The number of rotatable bonds is 7. The van der Waals surface area contributed by atoms with E-state index in [4.69, 9.17) is 4.74 Å². The molecular formula is C19H17FN2O5. The number of hydrogen-bond acceptors (Lipinski definition) is 5. The summed E-state index contributed by atoms with van der Waals surface area (Å²) in [6, 6.07) is 10.9. The minimum atomic E-state index is -1.25. The van der Waals surface area contributed by atoms with Crippen LogP contribution >= 0.6 is 0 Å². The van der Waals surface area contributed by atoms with Gasteiger partial charge in [-0.15, -0.1) is 0 Å². The van der Waals surface area contributed by atoms with Crippen molar-refractivity contribution in [2.75, 3.05) is 0 Å². The average molecular weight is 372 g/mol. The molecule has 1 unspecified atom stereocenters. The van der Waals surface area contributed by atoms with Crippen LogP contribution in [0, 0.1) is 15.9 Å². The van der Waals surface area contributed by atoms with E-state index in [-0.39, 0.29) is 23.7 Å². The van der Waals surface area contributed by atoms with E-state index in [2.05, 4.69) is 5.32 Å². The van der Waals surface area contributed by atoms with Crippen molar-refractivity contribution in [3.63, 3.8) is 0 Å². The number of hydrogen-bond donors (Lipinski definition) is 1. The highest BCUT2D eigenvalue weighted by atomic mass is 19.1. The van der Waals surface area contributed by atoms with Crippen LogP contribution in [0.3, 0.4) is 0 Å². The number of nitrogens with one attached hydrogen (secondary N) is 1. The molecule has 0 aromatic heterocycles. The van der Waals surface area contributed by atoms with Crippen molar-refractivity contribution < 1.29 is 23.6 Å². The lowest BCUT2D eigenvalue weighted by Gasteiger charge is -2.18. The van der Waals surface area contributed by atoms with Crippen molar-refractivity contribution >= 4 is 17.6 Å². The molecule has 140 valence electrons. The second-order valence-corrected chi connectivity index (χ2v) is 6.27. The van der Waals surface area contributed by atoms with E-state index in [0.717, 1.165) is 12.8 Å². The maximum Gasteiger partial charge on any atom is 0.311 e. The number of benzene rings is 2. The van der Waals surface area contributed by atoms with E-state index in [1.54, 1.807) is 6.07 Å². The maximum absolute atomic E-state index is 13.2. The molecule has 7 nitrogen and oxygen atoms in total. The van der Waals surface area contributed by atoms with Crippen molar-refractivity contribution in [2.45, 2.75) is 31.4 Å². The summed E-state index contributed by atoms with van der Waals surface area (Å²) in [5.74, 6) is -1.77. The molecule has 0 heterocycles. The Bertz CT molecular complexity index is 865. The molecule has 2 aromatic rings. The van der Waals surface area contributed by atoms with Crippen molar-refractivity contribution in [1.82, 2.24) is 5.32 Å². The molecule has 0 spiro atoms. The van der Waals surface area contributed by atoms with Crippen LogP contribution in [0.4, 0.5) is 10.1 Å². The first-order valence-electron chi connectivity index (χ1n) is 8.41. The number of para-hydroxylation sites is 1. The van der Waals surface area contributed by atoms with Crippen LogP contribution in [0.15, 0.2) is 48.5 Å². The number of esters is 1. The average Bonchev–Trinajstić information content (AvgIpc) is 3.45. The van der Waals surface area contributed by atoms with Gasteiger partial charge in [-0.05, 0) is 25.0 Å². The van der Waals surface area contributed by atoms with E-state index >= 15 is 0 Å². The SMILES string of the molecule is O=C(Cc1ccccc1[N+](=O)[O-])OC(C(=O)NC1CC1)c1ccc(F)cc1. The summed E-state index contributed by atoms with van der Waals surface area (Å²) in [6.07, 6.45) is 0.102. The van der Waals surface area contributed by atoms with Crippen LogP contribution in [-0.4, -0.2) is 22.8 Å². The van der Waals surface area contributed by atoms with E-state index in [0.29, 0.717) is 5.56 Å². The van der Waals surface area contributed by atoms with Gasteiger partial charge in [0.2, 0.25) is 6.10 Å². The number of halogens is 1. The molecule has 1 aliphatic carbocycles. The number of amides is 1. The second kappa shape index (κ2) is 7.94. The van der Waals surface area contributed by atoms with Crippen molar-refractivity contribution in [3.05, 3.63) is 75.6 Å². The molecule has 1 N–H and O–H groups in total. The Morgan fingerprint density at radius 3 is 2.48 bits per heavy atom. The zero-order chi connectivity index (χ0) is 19.4. The number of nitrogens with zero attached hydrogens (tertiary/aromatic N) is 1. The molecule has 8 heteroatoms. The smallest absolute Gasteiger partial charge is 0.311 e. The summed E-state index contributed by atoms with van der Waals surface area (Å²) in [5, 5.41) is 13.8. The summed E-state index contributed by atoms with van der Waals surface area (Å²) in [4.78, 5) is 35.3. The van der Waals surface area contributed by atoms with Gasteiger partial charge in [-0.25, -0.2) is 4.39 Å². The highest BCUT2D eigenvalue weighted by molar-refractivity contribution is 5.86. The van der Waals surface area contributed by atoms with Gasteiger partial charge in [0, 0.05) is 23.2 Å². The Morgan fingerprint density at radius 2 is 1.85 bits per heavy atom. The molecule has 1 amide bonds. The molecule has 3 rings (SSSR count). The monoisotopic (exact) mass is 372 g/mol. The summed E-state index contributed by atoms with van der Waals surface area (Å²) in [6.45, 7) is 0. The molecule has 0 radical (unpaired) electrons. The number of nitro benzene ring substituents is 1. The highest BCUT2D eigenvalue weighted by Crippen LogP contribution is 2.25. The third-order valence-electron chi connectivity index (χ3n) is 4.11. The molecule has 1 saturated carbocycles. The first kappa shape index (κ1) is 18.5. The lowest BCUT2D eigenvalue weighted by molar-refractivity contribution is -0.385. The Morgan fingerprint density at radius 1 is 1.19 bits per heavy atom. The van der Waals surface area contributed by atoms with Gasteiger partial charge in [-0.3, -0.25) is 19.7 Å². The van der Waals surface area contributed by atoms with Gasteiger partial charge >= 0.3 is 5.97 Å². The summed E-state index contributed by atoms with van der Waals surface area (Å²) >= 11 is 0. The normalized spacial score (nSPS) is 14.3. The fourth-order valence-corrected chi connectivity index (χ4v) is 2.58. The zero-order valence-electron chi connectivity index (χ0n) is 14.3. The summed E-state index contributed by atoms with van der Waals surface area (Å²) < 4.78 is 18.5. The lowest BCUT2D eigenvalue weighted by Crippen LogP contribution is -2.33. The van der Waals surface area contributed by atoms with Gasteiger partial charge in [-0.1, -0.05) is 30.3 Å². The molecule has 2 aromatic carbocycles. The topological polar surface area (TPSA) is 98.5 Å². The first-order chi connectivity index (χ1) is 12.9. The fourth-order valence-electron chi connectivity index (χ4n) is 2.58. The third kappa shape index (κ3) is 4.87. The second-order valence-electron chi connectivity index (χ2n) is 6.27. The number of nitro groups is 1. The molecule has 1 fully saturated rings. The molecule has 1 atom stereocenters. The molecule has 0 bridgehead atoms. The van der Waals surface area contributed by atoms with Gasteiger partial charge in [0.15, 0.2) is 0 Å². The lowest BCUT2D eigenvalue weighted by atomic mass is 10.1. The number of ether oxygens (including phenoxy) is 1. The van der Waals surface area contributed by atoms with Crippen LogP contribution < -0.4 is 5.32 Å². The molecular weight excluding hydrogens is 355 g/mol. The zero-order valence-corrected chi connectivity index (χ0v) is 14.3. The molecule has 27 heavy (non-hydrogen) atoms. The van der Waals surface area contributed by atoms with Crippen LogP contribution in [-0.2, 0) is 20.7 Å². The van der Waals surface area contributed by atoms with E-state index < -0.39 is 28.7 Å². The van der Waals surface area contributed by atoms with Crippen molar-refractivity contribution in [2.24, 2.45) is 0 Å². The van der Waals surface area contributed by atoms with E-state index in [9.17, 15) is 24.1 Å². The standard InChI is InChI=1S/C19H17FN2O5/c20-14-7-5-12(6-8-14)18(19(24)21-15-9-10-15)27-17(23)11-13-3-1-2-4-16(13)22(25)26/h1-8,15,18H,9-11H2,(H,21,24). The molecule has 1 aliphatic rings. The van der Waals surface area contributed by atoms with Gasteiger partial charge in [0.1, 0.15) is 5.82 Å². The molecule has 0 saturated heterocycles. The minimum absolute atomic E-state index is 0.0503. The van der Waals surface area contributed by atoms with Crippen LogP contribution in [0.25, 0.3) is 0 Å². The van der Waals surface area contributed by atoms with Gasteiger partial charge < -0.3 is 10.1 Å². The van der Waals surface area contributed by atoms with Crippen LogP contribution in [0.1, 0.15) is 30.1 Å².